The van der Waals surface area contributed by atoms with Gasteiger partial charge in [0.1, 0.15) is 0 Å². The topological polar surface area (TPSA) is 40.5 Å². The van der Waals surface area contributed by atoms with Crippen LogP contribution < -0.4 is 0 Å². The third-order valence-electron chi connectivity index (χ3n) is 3.57. The van der Waals surface area contributed by atoms with Crippen molar-refractivity contribution < 1.29 is 10.2 Å². The molecule has 0 amide bonds. The van der Waals surface area contributed by atoms with Gasteiger partial charge in [0.2, 0.25) is 0 Å². The Kier molecular flexibility index (Phi) is 8.96. The molecule has 2 heteroatoms. The quantitative estimate of drug-likeness (QED) is 0.442. The summed E-state index contributed by atoms with van der Waals surface area (Å²) in [6, 6.07) is 0. The van der Waals surface area contributed by atoms with Gasteiger partial charge in [0, 0.05) is 5.92 Å². The van der Waals surface area contributed by atoms with Gasteiger partial charge < -0.3 is 10.2 Å². The number of unbranched alkanes of at least 4 members (excludes halogenated alkanes) is 5. The first-order valence-electron chi connectivity index (χ1n) is 7.03. The molecule has 0 fully saturated rings. The number of hydrogen-bond donors (Lipinski definition) is 2. The van der Waals surface area contributed by atoms with E-state index in [0.717, 1.165) is 19.3 Å². The lowest BCUT2D eigenvalue weighted by Crippen LogP contribution is -2.36. The SMILES string of the molecule is CCCCCCCCC(CC)C(O)(O)CC. The lowest BCUT2D eigenvalue weighted by Gasteiger charge is -2.29. The Hall–Kier alpha value is -0.0800. The highest BCUT2D eigenvalue weighted by atomic mass is 16.5. The van der Waals surface area contributed by atoms with Gasteiger partial charge in [-0.2, -0.15) is 0 Å². The minimum atomic E-state index is -1.45. The normalized spacial score (nSPS) is 14.1. The second-order valence-electron chi connectivity index (χ2n) is 4.89. The molecule has 0 saturated heterocycles. The monoisotopic (exact) mass is 230 g/mol. The zero-order valence-electron chi connectivity index (χ0n) is 11.3. The summed E-state index contributed by atoms with van der Waals surface area (Å²) in [5, 5.41) is 19.6. The summed E-state index contributed by atoms with van der Waals surface area (Å²) in [6.45, 7) is 6.10. The van der Waals surface area contributed by atoms with E-state index in [-0.39, 0.29) is 5.92 Å². The van der Waals surface area contributed by atoms with E-state index < -0.39 is 5.79 Å². The van der Waals surface area contributed by atoms with Crippen LogP contribution >= 0.6 is 0 Å². The van der Waals surface area contributed by atoms with Gasteiger partial charge in [-0.15, -0.1) is 0 Å². The number of aliphatic hydroxyl groups is 2. The van der Waals surface area contributed by atoms with E-state index in [2.05, 4.69) is 6.92 Å². The molecule has 1 unspecified atom stereocenters. The predicted molar refractivity (Wildman–Crippen MR) is 69.2 cm³/mol. The van der Waals surface area contributed by atoms with Crippen molar-refractivity contribution in [3.63, 3.8) is 0 Å². The molecule has 16 heavy (non-hydrogen) atoms. The zero-order chi connectivity index (χ0) is 12.4. The number of hydrogen-bond acceptors (Lipinski definition) is 2. The maximum atomic E-state index is 9.78. The van der Waals surface area contributed by atoms with Crippen LogP contribution in [0.4, 0.5) is 0 Å². The Labute approximate surface area is 101 Å². The van der Waals surface area contributed by atoms with Crippen LogP contribution in [-0.4, -0.2) is 16.0 Å². The molecule has 0 aliphatic carbocycles. The van der Waals surface area contributed by atoms with Crippen LogP contribution in [0.15, 0.2) is 0 Å². The summed E-state index contributed by atoms with van der Waals surface area (Å²) in [4.78, 5) is 0. The Morgan fingerprint density at radius 1 is 0.875 bits per heavy atom. The first-order valence-corrected chi connectivity index (χ1v) is 7.03. The molecule has 0 aromatic rings. The standard InChI is InChI=1S/C14H30O2/c1-4-7-8-9-10-11-12-13(5-2)14(15,16)6-3/h13,15-16H,4-12H2,1-3H3. The van der Waals surface area contributed by atoms with E-state index in [4.69, 9.17) is 0 Å². The second-order valence-corrected chi connectivity index (χ2v) is 4.89. The summed E-state index contributed by atoms with van der Waals surface area (Å²) in [5.41, 5.74) is 0. The highest BCUT2D eigenvalue weighted by Gasteiger charge is 2.30. The van der Waals surface area contributed by atoms with E-state index in [0.29, 0.717) is 6.42 Å². The van der Waals surface area contributed by atoms with E-state index in [1.165, 1.54) is 32.1 Å². The average molecular weight is 230 g/mol. The molecule has 0 aromatic heterocycles. The molecular formula is C14H30O2. The smallest absolute Gasteiger partial charge is 0.165 e. The molecule has 2 N–H and O–H groups in total. The summed E-state index contributed by atoms with van der Waals surface area (Å²) in [6.07, 6.45) is 9.83. The van der Waals surface area contributed by atoms with Crippen LogP contribution in [0.2, 0.25) is 0 Å². The van der Waals surface area contributed by atoms with Gasteiger partial charge in [-0.1, -0.05) is 59.3 Å². The fourth-order valence-electron chi connectivity index (χ4n) is 2.22. The second kappa shape index (κ2) is 9.00. The molecule has 0 heterocycles. The predicted octanol–water partition coefficient (Wildman–Crippen LogP) is 3.85. The molecule has 0 aliphatic heterocycles. The van der Waals surface area contributed by atoms with Gasteiger partial charge in [-0.3, -0.25) is 0 Å². The van der Waals surface area contributed by atoms with Crippen molar-refractivity contribution in [2.45, 2.75) is 84.3 Å². The number of rotatable bonds is 10. The van der Waals surface area contributed by atoms with Crippen LogP contribution in [0.5, 0.6) is 0 Å². The molecule has 0 rings (SSSR count). The Morgan fingerprint density at radius 3 is 1.94 bits per heavy atom. The molecule has 0 spiro atoms. The minimum absolute atomic E-state index is 0.0451. The van der Waals surface area contributed by atoms with Crippen LogP contribution in [0, 0.1) is 5.92 Å². The Bertz CT molecular complexity index is 155. The molecule has 0 aromatic carbocycles. The summed E-state index contributed by atoms with van der Waals surface area (Å²) in [7, 11) is 0. The van der Waals surface area contributed by atoms with Crippen LogP contribution in [0.3, 0.4) is 0 Å². The van der Waals surface area contributed by atoms with Gasteiger partial charge >= 0.3 is 0 Å². The molecule has 0 saturated carbocycles. The summed E-state index contributed by atoms with van der Waals surface area (Å²) >= 11 is 0. The van der Waals surface area contributed by atoms with Crippen molar-refractivity contribution in [2.75, 3.05) is 0 Å². The van der Waals surface area contributed by atoms with E-state index in [9.17, 15) is 10.2 Å². The molecule has 1 atom stereocenters. The molecule has 2 nitrogen and oxygen atoms in total. The van der Waals surface area contributed by atoms with Crippen LogP contribution in [0.25, 0.3) is 0 Å². The van der Waals surface area contributed by atoms with Gasteiger partial charge in [-0.05, 0) is 19.3 Å². The maximum absolute atomic E-state index is 9.78. The minimum Gasteiger partial charge on any atom is -0.365 e. The fourth-order valence-corrected chi connectivity index (χ4v) is 2.22. The Morgan fingerprint density at radius 2 is 1.44 bits per heavy atom. The first-order chi connectivity index (χ1) is 7.58. The fraction of sp³-hybridized carbons (Fsp3) is 1.00. The van der Waals surface area contributed by atoms with Gasteiger partial charge in [0.05, 0.1) is 0 Å². The third-order valence-corrected chi connectivity index (χ3v) is 3.57. The molecule has 0 aliphatic rings. The summed E-state index contributed by atoms with van der Waals surface area (Å²) in [5.74, 6) is -1.40. The van der Waals surface area contributed by atoms with Gasteiger partial charge in [0.15, 0.2) is 5.79 Å². The zero-order valence-corrected chi connectivity index (χ0v) is 11.3. The van der Waals surface area contributed by atoms with Crippen molar-refractivity contribution in [3.05, 3.63) is 0 Å². The average Bonchev–Trinajstić information content (AvgIpc) is 2.28. The third kappa shape index (κ3) is 6.49. The van der Waals surface area contributed by atoms with Crippen molar-refractivity contribution >= 4 is 0 Å². The Balaban J connectivity index is 3.64. The van der Waals surface area contributed by atoms with Gasteiger partial charge in [-0.25, -0.2) is 0 Å². The van der Waals surface area contributed by atoms with E-state index in [1.54, 1.807) is 0 Å². The molecule has 98 valence electrons. The van der Waals surface area contributed by atoms with E-state index >= 15 is 0 Å². The highest BCUT2D eigenvalue weighted by Crippen LogP contribution is 2.27. The van der Waals surface area contributed by atoms with Gasteiger partial charge in [0.25, 0.3) is 0 Å². The van der Waals surface area contributed by atoms with Crippen molar-refractivity contribution in [3.8, 4) is 0 Å². The van der Waals surface area contributed by atoms with Crippen LogP contribution in [0.1, 0.15) is 78.6 Å². The highest BCUT2D eigenvalue weighted by molar-refractivity contribution is 4.73. The first kappa shape index (κ1) is 15.9. The lowest BCUT2D eigenvalue weighted by molar-refractivity contribution is -0.204. The summed E-state index contributed by atoms with van der Waals surface area (Å²) < 4.78 is 0. The molecule has 0 radical (unpaired) electrons. The van der Waals surface area contributed by atoms with Crippen molar-refractivity contribution in [1.29, 1.82) is 0 Å². The van der Waals surface area contributed by atoms with Crippen molar-refractivity contribution in [1.82, 2.24) is 0 Å². The largest absolute Gasteiger partial charge is 0.365 e. The van der Waals surface area contributed by atoms with Crippen molar-refractivity contribution in [2.24, 2.45) is 5.92 Å². The molecule has 0 bridgehead atoms. The lowest BCUT2D eigenvalue weighted by atomic mass is 9.88. The maximum Gasteiger partial charge on any atom is 0.165 e. The van der Waals surface area contributed by atoms with Crippen LogP contribution in [-0.2, 0) is 0 Å². The van der Waals surface area contributed by atoms with E-state index in [1.807, 2.05) is 13.8 Å². The molecular weight excluding hydrogens is 200 g/mol.